The van der Waals surface area contributed by atoms with Gasteiger partial charge in [-0.1, -0.05) is 78.9 Å². The second kappa shape index (κ2) is 7.86. The molecule has 0 saturated heterocycles. The molecule has 3 aromatic carbocycles. The van der Waals surface area contributed by atoms with E-state index in [1.807, 2.05) is 0 Å². The van der Waals surface area contributed by atoms with Crippen LogP contribution in [0.5, 0.6) is 0 Å². The van der Waals surface area contributed by atoms with Crippen LogP contribution in [-0.4, -0.2) is 24.6 Å². The summed E-state index contributed by atoms with van der Waals surface area (Å²) in [6, 6.07) is 28.4. The van der Waals surface area contributed by atoms with Gasteiger partial charge >= 0.3 is 0 Å². The highest BCUT2D eigenvalue weighted by atomic mass is 16.5. The monoisotopic (exact) mass is 343 g/mol. The van der Waals surface area contributed by atoms with Gasteiger partial charge in [-0.05, 0) is 41.3 Å². The van der Waals surface area contributed by atoms with Gasteiger partial charge in [-0.2, -0.15) is 0 Å². The SMILES string of the molecule is CN1Cc2ccccc2-c2ccccc2COC[C@@H]1Cc1ccccc1. The Balaban J connectivity index is 1.67. The van der Waals surface area contributed by atoms with E-state index in [1.165, 1.54) is 27.8 Å². The molecule has 0 amide bonds. The summed E-state index contributed by atoms with van der Waals surface area (Å²) in [5.74, 6) is 0. The van der Waals surface area contributed by atoms with Gasteiger partial charge in [0.25, 0.3) is 0 Å². The summed E-state index contributed by atoms with van der Waals surface area (Å²) in [6.45, 7) is 2.32. The predicted molar refractivity (Wildman–Crippen MR) is 107 cm³/mol. The highest BCUT2D eigenvalue weighted by Crippen LogP contribution is 2.30. The first-order valence-electron chi connectivity index (χ1n) is 9.29. The van der Waals surface area contributed by atoms with Crippen molar-refractivity contribution in [3.8, 4) is 11.1 Å². The molecule has 2 nitrogen and oxygen atoms in total. The minimum Gasteiger partial charge on any atom is -0.375 e. The van der Waals surface area contributed by atoms with Crippen molar-refractivity contribution in [2.75, 3.05) is 13.7 Å². The van der Waals surface area contributed by atoms with Crippen molar-refractivity contribution in [2.45, 2.75) is 25.6 Å². The topological polar surface area (TPSA) is 12.5 Å². The van der Waals surface area contributed by atoms with Gasteiger partial charge in [-0.25, -0.2) is 0 Å². The normalized spacial score (nSPS) is 18.0. The first kappa shape index (κ1) is 17.0. The Labute approximate surface area is 156 Å². The lowest BCUT2D eigenvalue weighted by atomic mass is 9.94. The van der Waals surface area contributed by atoms with E-state index in [0.29, 0.717) is 12.6 Å². The second-order valence-corrected chi connectivity index (χ2v) is 7.09. The zero-order chi connectivity index (χ0) is 17.8. The fourth-order valence-corrected chi connectivity index (χ4v) is 3.76. The van der Waals surface area contributed by atoms with E-state index in [4.69, 9.17) is 4.74 Å². The van der Waals surface area contributed by atoms with Gasteiger partial charge in [0, 0.05) is 12.6 Å². The van der Waals surface area contributed by atoms with Crippen molar-refractivity contribution in [3.63, 3.8) is 0 Å². The van der Waals surface area contributed by atoms with E-state index in [1.54, 1.807) is 0 Å². The van der Waals surface area contributed by atoms with Gasteiger partial charge in [-0.3, -0.25) is 4.90 Å². The highest BCUT2D eigenvalue weighted by molar-refractivity contribution is 5.70. The van der Waals surface area contributed by atoms with Crippen molar-refractivity contribution < 1.29 is 4.74 Å². The first-order valence-corrected chi connectivity index (χ1v) is 9.29. The third kappa shape index (κ3) is 3.72. The van der Waals surface area contributed by atoms with Gasteiger partial charge in [0.1, 0.15) is 0 Å². The lowest BCUT2D eigenvalue weighted by Gasteiger charge is -2.30. The molecular weight excluding hydrogens is 318 g/mol. The smallest absolute Gasteiger partial charge is 0.0723 e. The number of ether oxygens (including phenoxy) is 1. The average molecular weight is 343 g/mol. The molecule has 0 saturated carbocycles. The molecular formula is C24H25NO. The van der Waals surface area contributed by atoms with Gasteiger partial charge < -0.3 is 4.74 Å². The van der Waals surface area contributed by atoms with E-state index in [-0.39, 0.29) is 0 Å². The van der Waals surface area contributed by atoms with Crippen molar-refractivity contribution >= 4 is 0 Å². The van der Waals surface area contributed by atoms with Crippen LogP contribution in [0, 0.1) is 0 Å². The standard InChI is InChI=1S/C24H25NO/c1-25-16-20-11-5-7-13-23(20)24-14-8-6-12-21(24)17-26-18-22(25)15-19-9-3-2-4-10-19/h2-14,22H,15-18H2,1H3/t22-/m0/s1. The van der Waals surface area contributed by atoms with Crippen molar-refractivity contribution in [1.82, 2.24) is 4.90 Å². The van der Waals surface area contributed by atoms with Crippen LogP contribution in [-0.2, 0) is 24.3 Å². The maximum absolute atomic E-state index is 6.17. The number of rotatable bonds is 2. The van der Waals surface area contributed by atoms with E-state index < -0.39 is 0 Å². The number of hydrogen-bond donors (Lipinski definition) is 0. The highest BCUT2D eigenvalue weighted by Gasteiger charge is 2.20. The van der Waals surface area contributed by atoms with Crippen LogP contribution in [0.3, 0.4) is 0 Å². The molecule has 0 N–H and O–H groups in total. The summed E-state index contributed by atoms with van der Waals surface area (Å²) < 4.78 is 6.17. The van der Waals surface area contributed by atoms with Crippen LogP contribution in [0.25, 0.3) is 11.1 Å². The van der Waals surface area contributed by atoms with E-state index in [2.05, 4.69) is 90.8 Å². The fraction of sp³-hybridized carbons (Fsp3) is 0.250. The Kier molecular flexibility index (Phi) is 5.14. The summed E-state index contributed by atoms with van der Waals surface area (Å²) in [7, 11) is 2.21. The maximum atomic E-state index is 6.17. The van der Waals surface area contributed by atoms with Gasteiger partial charge in [0.05, 0.1) is 13.2 Å². The zero-order valence-corrected chi connectivity index (χ0v) is 15.3. The van der Waals surface area contributed by atoms with Crippen molar-refractivity contribution in [3.05, 3.63) is 95.6 Å². The van der Waals surface area contributed by atoms with Crippen molar-refractivity contribution in [1.29, 1.82) is 0 Å². The van der Waals surface area contributed by atoms with Crippen LogP contribution >= 0.6 is 0 Å². The predicted octanol–water partition coefficient (Wildman–Crippen LogP) is 4.93. The molecule has 0 radical (unpaired) electrons. The summed E-state index contributed by atoms with van der Waals surface area (Å²) in [5.41, 5.74) is 6.61. The van der Waals surface area contributed by atoms with Crippen molar-refractivity contribution in [2.24, 2.45) is 0 Å². The molecule has 0 spiro atoms. The molecule has 1 aliphatic heterocycles. The molecule has 1 atom stereocenters. The number of benzene rings is 3. The molecule has 26 heavy (non-hydrogen) atoms. The molecule has 0 fully saturated rings. The third-order valence-corrected chi connectivity index (χ3v) is 5.25. The molecule has 4 rings (SSSR count). The summed E-state index contributed by atoms with van der Waals surface area (Å²) in [5, 5.41) is 0. The summed E-state index contributed by atoms with van der Waals surface area (Å²) in [6.07, 6.45) is 1.00. The summed E-state index contributed by atoms with van der Waals surface area (Å²) in [4.78, 5) is 2.43. The molecule has 0 aromatic heterocycles. The molecule has 1 aliphatic rings. The Morgan fingerprint density at radius 2 is 1.42 bits per heavy atom. The second-order valence-electron chi connectivity index (χ2n) is 7.09. The Morgan fingerprint density at radius 3 is 2.19 bits per heavy atom. The van der Waals surface area contributed by atoms with Gasteiger partial charge in [0.2, 0.25) is 0 Å². The quantitative estimate of drug-likeness (QED) is 0.654. The van der Waals surface area contributed by atoms with Crippen LogP contribution in [0.1, 0.15) is 16.7 Å². The number of fused-ring (bicyclic) bond motifs is 3. The molecule has 0 aliphatic carbocycles. The first-order chi connectivity index (χ1) is 12.8. The molecule has 0 bridgehead atoms. The van der Waals surface area contributed by atoms with Crippen LogP contribution in [0.2, 0.25) is 0 Å². The van der Waals surface area contributed by atoms with Crippen LogP contribution in [0.15, 0.2) is 78.9 Å². The van der Waals surface area contributed by atoms with Crippen LogP contribution < -0.4 is 0 Å². The fourth-order valence-electron chi connectivity index (χ4n) is 3.76. The molecule has 1 heterocycles. The number of hydrogen-bond acceptors (Lipinski definition) is 2. The molecule has 3 aromatic rings. The zero-order valence-electron chi connectivity index (χ0n) is 15.3. The Morgan fingerprint density at radius 1 is 0.808 bits per heavy atom. The maximum Gasteiger partial charge on any atom is 0.0723 e. The molecule has 0 unspecified atom stereocenters. The largest absolute Gasteiger partial charge is 0.375 e. The Bertz CT molecular complexity index is 859. The lowest BCUT2D eigenvalue weighted by molar-refractivity contribution is 0.0570. The third-order valence-electron chi connectivity index (χ3n) is 5.25. The lowest BCUT2D eigenvalue weighted by Crippen LogP contribution is -2.37. The van der Waals surface area contributed by atoms with E-state index >= 15 is 0 Å². The van der Waals surface area contributed by atoms with Crippen LogP contribution in [0.4, 0.5) is 0 Å². The number of likely N-dealkylation sites (N-methyl/N-ethyl adjacent to an activating group) is 1. The Hall–Kier alpha value is -2.42. The van der Waals surface area contributed by atoms with E-state index in [0.717, 1.165) is 19.6 Å². The number of nitrogens with zero attached hydrogens (tertiary/aromatic N) is 1. The molecule has 132 valence electrons. The van der Waals surface area contributed by atoms with Gasteiger partial charge in [0.15, 0.2) is 0 Å². The molecule has 2 heteroatoms. The average Bonchev–Trinajstić information content (AvgIpc) is 2.68. The summed E-state index contributed by atoms with van der Waals surface area (Å²) >= 11 is 0. The van der Waals surface area contributed by atoms with E-state index in [9.17, 15) is 0 Å². The minimum atomic E-state index is 0.357. The minimum absolute atomic E-state index is 0.357. The van der Waals surface area contributed by atoms with Gasteiger partial charge in [-0.15, -0.1) is 0 Å².